The monoisotopic (exact) mass is 229 g/mol. The fourth-order valence-electron chi connectivity index (χ4n) is 1.50. The van der Waals surface area contributed by atoms with Gasteiger partial charge in [-0.2, -0.15) is 0 Å². The molecular formula is C14H15NO2. The van der Waals surface area contributed by atoms with E-state index in [1.807, 2.05) is 37.3 Å². The van der Waals surface area contributed by atoms with Crippen molar-refractivity contribution in [3.05, 3.63) is 53.9 Å². The van der Waals surface area contributed by atoms with Gasteiger partial charge in [0.2, 0.25) is 0 Å². The Bertz CT molecular complexity index is 483. The molecule has 1 aromatic heterocycles. The lowest BCUT2D eigenvalue weighted by Crippen LogP contribution is -1.97. The minimum atomic E-state index is 0.538. The van der Waals surface area contributed by atoms with Crippen LogP contribution in [0.1, 0.15) is 11.1 Å². The number of aryl methyl sites for hydroxylation is 1. The SMILES string of the molecule is COc1ccc(C)c(OCc2ccncc2)c1. The Morgan fingerprint density at radius 3 is 2.59 bits per heavy atom. The van der Waals surface area contributed by atoms with Crippen molar-refractivity contribution in [2.75, 3.05) is 7.11 Å². The minimum Gasteiger partial charge on any atom is -0.497 e. The first kappa shape index (κ1) is 11.5. The zero-order valence-corrected chi connectivity index (χ0v) is 10.0. The third kappa shape index (κ3) is 2.97. The third-order valence-corrected chi connectivity index (χ3v) is 2.54. The summed E-state index contributed by atoms with van der Waals surface area (Å²) >= 11 is 0. The normalized spacial score (nSPS) is 10.0. The molecule has 0 saturated carbocycles. The quantitative estimate of drug-likeness (QED) is 0.807. The molecule has 2 rings (SSSR count). The van der Waals surface area contributed by atoms with E-state index in [1.54, 1.807) is 19.5 Å². The van der Waals surface area contributed by atoms with E-state index in [9.17, 15) is 0 Å². The van der Waals surface area contributed by atoms with Gasteiger partial charge >= 0.3 is 0 Å². The van der Waals surface area contributed by atoms with Gasteiger partial charge in [-0.15, -0.1) is 0 Å². The van der Waals surface area contributed by atoms with Crippen molar-refractivity contribution < 1.29 is 9.47 Å². The molecule has 0 aliphatic carbocycles. The van der Waals surface area contributed by atoms with Crippen molar-refractivity contribution in [1.82, 2.24) is 4.98 Å². The van der Waals surface area contributed by atoms with Gasteiger partial charge in [-0.1, -0.05) is 6.07 Å². The van der Waals surface area contributed by atoms with Gasteiger partial charge in [0.15, 0.2) is 0 Å². The van der Waals surface area contributed by atoms with Gasteiger partial charge in [0, 0.05) is 18.5 Å². The Labute approximate surface area is 101 Å². The van der Waals surface area contributed by atoms with E-state index in [0.717, 1.165) is 22.6 Å². The Hall–Kier alpha value is -2.03. The van der Waals surface area contributed by atoms with E-state index in [1.165, 1.54) is 0 Å². The second-order valence-corrected chi connectivity index (χ2v) is 3.78. The molecule has 2 aromatic rings. The van der Waals surface area contributed by atoms with Gasteiger partial charge in [-0.05, 0) is 36.2 Å². The molecule has 3 heteroatoms. The Balaban J connectivity index is 2.08. The molecule has 0 spiro atoms. The second-order valence-electron chi connectivity index (χ2n) is 3.78. The van der Waals surface area contributed by atoms with Gasteiger partial charge in [0.1, 0.15) is 18.1 Å². The smallest absolute Gasteiger partial charge is 0.126 e. The Kier molecular flexibility index (Phi) is 3.60. The van der Waals surface area contributed by atoms with Gasteiger partial charge < -0.3 is 9.47 Å². The fraction of sp³-hybridized carbons (Fsp3) is 0.214. The maximum absolute atomic E-state index is 5.76. The number of aromatic nitrogens is 1. The topological polar surface area (TPSA) is 31.4 Å². The number of ether oxygens (including phenoxy) is 2. The Morgan fingerprint density at radius 1 is 1.12 bits per heavy atom. The van der Waals surface area contributed by atoms with Crippen molar-refractivity contribution in [2.45, 2.75) is 13.5 Å². The van der Waals surface area contributed by atoms with Gasteiger partial charge in [-0.25, -0.2) is 0 Å². The predicted molar refractivity (Wildman–Crippen MR) is 66.3 cm³/mol. The molecular weight excluding hydrogens is 214 g/mol. The van der Waals surface area contributed by atoms with Crippen molar-refractivity contribution >= 4 is 0 Å². The summed E-state index contributed by atoms with van der Waals surface area (Å²) in [5.74, 6) is 1.65. The molecule has 0 N–H and O–H groups in total. The highest BCUT2D eigenvalue weighted by molar-refractivity contribution is 5.39. The number of nitrogens with zero attached hydrogens (tertiary/aromatic N) is 1. The van der Waals surface area contributed by atoms with Gasteiger partial charge in [0.05, 0.1) is 7.11 Å². The van der Waals surface area contributed by atoms with Crippen LogP contribution in [-0.4, -0.2) is 12.1 Å². The van der Waals surface area contributed by atoms with Crippen LogP contribution in [-0.2, 0) is 6.61 Å². The maximum atomic E-state index is 5.76. The highest BCUT2D eigenvalue weighted by Crippen LogP contribution is 2.24. The molecule has 0 fully saturated rings. The van der Waals surface area contributed by atoms with E-state index in [2.05, 4.69) is 4.98 Å². The van der Waals surface area contributed by atoms with E-state index in [-0.39, 0.29) is 0 Å². The molecule has 0 saturated heterocycles. The van der Waals surface area contributed by atoms with Crippen molar-refractivity contribution in [1.29, 1.82) is 0 Å². The molecule has 88 valence electrons. The van der Waals surface area contributed by atoms with Crippen LogP contribution in [0.5, 0.6) is 11.5 Å². The molecule has 0 radical (unpaired) electrons. The summed E-state index contributed by atoms with van der Waals surface area (Å²) in [6.07, 6.45) is 3.52. The number of pyridine rings is 1. The molecule has 1 aromatic carbocycles. The van der Waals surface area contributed by atoms with Crippen LogP contribution in [0.2, 0.25) is 0 Å². The lowest BCUT2D eigenvalue weighted by Gasteiger charge is -2.10. The molecule has 3 nitrogen and oxygen atoms in total. The standard InChI is InChI=1S/C14H15NO2/c1-11-3-4-13(16-2)9-14(11)17-10-12-5-7-15-8-6-12/h3-9H,10H2,1-2H3. The maximum Gasteiger partial charge on any atom is 0.126 e. The van der Waals surface area contributed by atoms with Crippen LogP contribution >= 0.6 is 0 Å². The van der Waals surface area contributed by atoms with Crippen LogP contribution in [0.15, 0.2) is 42.7 Å². The van der Waals surface area contributed by atoms with E-state index >= 15 is 0 Å². The number of benzene rings is 1. The first-order valence-electron chi connectivity index (χ1n) is 5.46. The molecule has 17 heavy (non-hydrogen) atoms. The van der Waals surface area contributed by atoms with Crippen LogP contribution < -0.4 is 9.47 Å². The average Bonchev–Trinajstić information content (AvgIpc) is 2.39. The zero-order chi connectivity index (χ0) is 12.1. The van der Waals surface area contributed by atoms with E-state index < -0.39 is 0 Å². The molecule has 0 unspecified atom stereocenters. The molecule has 0 atom stereocenters. The minimum absolute atomic E-state index is 0.538. The number of hydrogen-bond acceptors (Lipinski definition) is 3. The zero-order valence-electron chi connectivity index (χ0n) is 10.0. The lowest BCUT2D eigenvalue weighted by molar-refractivity contribution is 0.301. The van der Waals surface area contributed by atoms with Gasteiger partial charge in [-0.3, -0.25) is 4.98 Å². The van der Waals surface area contributed by atoms with Crippen molar-refractivity contribution in [3.63, 3.8) is 0 Å². The van der Waals surface area contributed by atoms with E-state index in [0.29, 0.717) is 6.61 Å². The highest BCUT2D eigenvalue weighted by atomic mass is 16.5. The first-order valence-corrected chi connectivity index (χ1v) is 5.46. The lowest BCUT2D eigenvalue weighted by atomic mass is 10.2. The summed E-state index contributed by atoms with van der Waals surface area (Å²) in [5, 5.41) is 0. The largest absolute Gasteiger partial charge is 0.497 e. The molecule has 0 aliphatic rings. The van der Waals surface area contributed by atoms with Crippen LogP contribution in [0.25, 0.3) is 0 Å². The summed E-state index contributed by atoms with van der Waals surface area (Å²) in [6, 6.07) is 9.69. The molecule has 0 bridgehead atoms. The van der Waals surface area contributed by atoms with Crippen molar-refractivity contribution in [2.24, 2.45) is 0 Å². The predicted octanol–water partition coefficient (Wildman–Crippen LogP) is 2.98. The number of rotatable bonds is 4. The average molecular weight is 229 g/mol. The number of methoxy groups -OCH3 is 1. The fourth-order valence-corrected chi connectivity index (χ4v) is 1.50. The summed E-state index contributed by atoms with van der Waals surface area (Å²) in [6.45, 7) is 2.55. The molecule has 0 amide bonds. The molecule has 0 aliphatic heterocycles. The van der Waals surface area contributed by atoms with Crippen molar-refractivity contribution in [3.8, 4) is 11.5 Å². The summed E-state index contributed by atoms with van der Waals surface area (Å²) < 4.78 is 10.9. The highest BCUT2D eigenvalue weighted by Gasteiger charge is 2.02. The first-order chi connectivity index (χ1) is 8.29. The summed E-state index contributed by atoms with van der Waals surface area (Å²) in [5.41, 5.74) is 2.20. The molecule has 1 heterocycles. The van der Waals surface area contributed by atoms with Crippen LogP contribution in [0.3, 0.4) is 0 Å². The third-order valence-electron chi connectivity index (χ3n) is 2.54. The summed E-state index contributed by atoms with van der Waals surface area (Å²) in [4.78, 5) is 3.97. The summed E-state index contributed by atoms with van der Waals surface area (Å²) in [7, 11) is 1.65. The van der Waals surface area contributed by atoms with Crippen LogP contribution in [0, 0.1) is 6.92 Å². The Morgan fingerprint density at radius 2 is 1.88 bits per heavy atom. The van der Waals surface area contributed by atoms with Crippen LogP contribution in [0.4, 0.5) is 0 Å². The van der Waals surface area contributed by atoms with Gasteiger partial charge in [0.25, 0.3) is 0 Å². The second kappa shape index (κ2) is 5.34. The number of hydrogen-bond donors (Lipinski definition) is 0. The van der Waals surface area contributed by atoms with E-state index in [4.69, 9.17) is 9.47 Å².